The molecular weight excluding hydrogens is 494 g/mol. The summed E-state index contributed by atoms with van der Waals surface area (Å²) in [5.41, 5.74) is 7.66. The van der Waals surface area contributed by atoms with Crippen LogP contribution in [-0.2, 0) is 6.54 Å². The van der Waals surface area contributed by atoms with E-state index in [9.17, 15) is 0 Å². The van der Waals surface area contributed by atoms with Crippen LogP contribution in [0.1, 0.15) is 47.4 Å². The number of hydrogen-bond donors (Lipinski definition) is 2. The fraction of sp³-hybridized carbons (Fsp3) is 0.273. The second kappa shape index (κ2) is 12.2. The summed E-state index contributed by atoms with van der Waals surface area (Å²) < 4.78 is 0. The van der Waals surface area contributed by atoms with Crippen molar-refractivity contribution in [2.24, 2.45) is 9.98 Å². The molecule has 1 aliphatic heterocycles. The van der Waals surface area contributed by atoms with E-state index in [2.05, 4.69) is 97.9 Å². The first-order valence-electron chi connectivity index (χ1n) is 14.1. The van der Waals surface area contributed by atoms with E-state index in [-0.39, 0.29) is 0 Å². The van der Waals surface area contributed by atoms with E-state index in [0.29, 0.717) is 12.5 Å². The number of benzene rings is 1. The second-order valence-electron chi connectivity index (χ2n) is 10.4. The summed E-state index contributed by atoms with van der Waals surface area (Å²) in [5, 5.41) is 6.96. The number of aromatic nitrogens is 2. The van der Waals surface area contributed by atoms with Crippen molar-refractivity contribution < 1.29 is 0 Å². The van der Waals surface area contributed by atoms with Gasteiger partial charge in [0.05, 0.1) is 18.4 Å². The molecule has 0 radical (unpaired) electrons. The molecule has 2 aromatic heterocycles. The van der Waals surface area contributed by atoms with E-state index in [1.54, 1.807) is 0 Å². The topological polar surface area (TPSA) is 77.8 Å². The van der Waals surface area contributed by atoms with Crippen LogP contribution in [0.5, 0.6) is 0 Å². The molecule has 1 aromatic carbocycles. The Morgan fingerprint density at radius 1 is 1.10 bits per heavy atom. The smallest absolute Gasteiger partial charge is 0.133 e. The standard InChI is InChI=1S/C33H35N7/c1-34-30-23-36-22-29(26-11-12-26)32(30)33(40-17-15-35-16-18-40)38-21-24-13-14-37-31(19-24)39-28-10-6-9-27(20-28)25-7-4-2-3-5-8-25/h2-4,6-10,13-14,19-20,22-23,26,35H,1,5,11-12,15-18,21H2,(H,37,39)/b38-33+. The van der Waals surface area contributed by atoms with E-state index in [1.807, 2.05) is 24.7 Å². The number of aliphatic imine (C=N–C) groups is 2. The van der Waals surface area contributed by atoms with E-state index >= 15 is 0 Å². The number of amidine groups is 1. The number of anilines is 2. The van der Waals surface area contributed by atoms with Crippen molar-refractivity contribution in [1.29, 1.82) is 0 Å². The predicted octanol–water partition coefficient (Wildman–Crippen LogP) is 6.18. The lowest BCUT2D eigenvalue weighted by Crippen LogP contribution is -2.47. The molecule has 2 N–H and O–H groups in total. The van der Waals surface area contributed by atoms with Gasteiger partial charge in [0, 0.05) is 49.8 Å². The fourth-order valence-corrected chi connectivity index (χ4v) is 5.27. The zero-order valence-electron chi connectivity index (χ0n) is 22.8. The first-order valence-corrected chi connectivity index (χ1v) is 14.1. The van der Waals surface area contributed by atoms with Crippen LogP contribution in [-0.4, -0.2) is 53.6 Å². The predicted molar refractivity (Wildman–Crippen MR) is 165 cm³/mol. The average molecular weight is 530 g/mol. The molecule has 1 saturated heterocycles. The van der Waals surface area contributed by atoms with Crippen molar-refractivity contribution >= 4 is 35.3 Å². The molecule has 0 amide bonds. The molecule has 2 fully saturated rings. The van der Waals surface area contributed by atoms with Crippen LogP contribution in [0.25, 0.3) is 5.57 Å². The molecule has 3 aromatic rings. The third-order valence-corrected chi connectivity index (χ3v) is 7.48. The van der Waals surface area contributed by atoms with Crippen molar-refractivity contribution in [1.82, 2.24) is 20.2 Å². The maximum Gasteiger partial charge on any atom is 0.133 e. The number of allylic oxidation sites excluding steroid dienone is 6. The molecule has 40 heavy (non-hydrogen) atoms. The van der Waals surface area contributed by atoms with Crippen LogP contribution in [0.15, 0.2) is 95.4 Å². The zero-order valence-corrected chi connectivity index (χ0v) is 22.8. The first kappa shape index (κ1) is 25.9. The molecule has 6 rings (SSSR count). The Balaban J connectivity index is 1.26. The minimum absolute atomic E-state index is 0.533. The lowest BCUT2D eigenvalue weighted by molar-refractivity contribution is 0.357. The highest BCUT2D eigenvalue weighted by Crippen LogP contribution is 2.43. The Hall–Kier alpha value is -4.36. The lowest BCUT2D eigenvalue weighted by Gasteiger charge is -2.32. The number of pyridine rings is 2. The van der Waals surface area contributed by atoms with Gasteiger partial charge >= 0.3 is 0 Å². The summed E-state index contributed by atoms with van der Waals surface area (Å²) in [6, 6.07) is 12.6. The van der Waals surface area contributed by atoms with Crippen LogP contribution in [0.4, 0.5) is 17.2 Å². The maximum atomic E-state index is 5.22. The Kier molecular flexibility index (Phi) is 7.91. The van der Waals surface area contributed by atoms with Crippen molar-refractivity contribution in [2.45, 2.75) is 31.7 Å². The maximum absolute atomic E-state index is 5.22. The second-order valence-corrected chi connectivity index (χ2v) is 10.4. The molecule has 7 nitrogen and oxygen atoms in total. The molecule has 0 atom stereocenters. The Morgan fingerprint density at radius 2 is 2.00 bits per heavy atom. The molecule has 0 spiro atoms. The van der Waals surface area contributed by atoms with E-state index in [0.717, 1.165) is 66.8 Å². The van der Waals surface area contributed by atoms with E-state index < -0.39 is 0 Å². The molecule has 3 aliphatic rings. The SMILES string of the molecule is C=Nc1cncc(C2CC2)c1/C(=N\Cc1ccnc(Nc2cccc(C3=CCC=CC=C3)c2)c1)N1CCNCC1. The van der Waals surface area contributed by atoms with Crippen LogP contribution in [0.2, 0.25) is 0 Å². The third kappa shape index (κ3) is 6.10. The number of nitrogens with zero attached hydrogens (tertiary/aromatic N) is 5. The monoisotopic (exact) mass is 529 g/mol. The molecule has 7 heteroatoms. The quantitative estimate of drug-likeness (QED) is 0.269. The molecule has 2 aliphatic carbocycles. The molecule has 1 saturated carbocycles. The summed E-state index contributed by atoms with van der Waals surface area (Å²) in [7, 11) is 0. The van der Waals surface area contributed by atoms with Gasteiger partial charge in [-0.1, -0.05) is 42.5 Å². The highest BCUT2D eigenvalue weighted by Gasteiger charge is 2.31. The van der Waals surface area contributed by atoms with Crippen LogP contribution >= 0.6 is 0 Å². The molecule has 202 valence electrons. The van der Waals surface area contributed by atoms with Gasteiger partial charge in [0.15, 0.2) is 0 Å². The normalized spacial score (nSPS) is 17.4. The largest absolute Gasteiger partial charge is 0.354 e. The first-order chi connectivity index (χ1) is 19.8. The van der Waals surface area contributed by atoms with Crippen LogP contribution in [0, 0.1) is 0 Å². The third-order valence-electron chi connectivity index (χ3n) is 7.48. The van der Waals surface area contributed by atoms with Gasteiger partial charge in [-0.15, -0.1) is 0 Å². The molecule has 0 unspecified atom stereocenters. The van der Waals surface area contributed by atoms with Crippen LogP contribution < -0.4 is 10.6 Å². The van der Waals surface area contributed by atoms with Crippen molar-refractivity contribution in [2.75, 3.05) is 31.5 Å². The van der Waals surface area contributed by atoms with Crippen molar-refractivity contribution in [3.8, 4) is 0 Å². The van der Waals surface area contributed by atoms with Crippen molar-refractivity contribution in [3.63, 3.8) is 0 Å². The van der Waals surface area contributed by atoms with E-state index in [1.165, 1.54) is 29.5 Å². The van der Waals surface area contributed by atoms with Gasteiger partial charge in [0.2, 0.25) is 0 Å². The summed E-state index contributed by atoms with van der Waals surface area (Å²) in [6.45, 7) is 8.08. The summed E-state index contributed by atoms with van der Waals surface area (Å²) in [5.74, 6) is 2.33. The number of piperazine rings is 1. The van der Waals surface area contributed by atoms with Gasteiger partial charge < -0.3 is 15.5 Å². The van der Waals surface area contributed by atoms with Crippen LogP contribution in [0.3, 0.4) is 0 Å². The highest BCUT2D eigenvalue weighted by atomic mass is 15.2. The van der Waals surface area contributed by atoms with Gasteiger partial charge in [0.1, 0.15) is 11.7 Å². The minimum atomic E-state index is 0.533. The summed E-state index contributed by atoms with van der Waals surface area (Å²) in [4.78, 5) is 21.0. The molecule has 3 heterocycles. The average Bonchev–Trinajstić information content (AvgIpc) is 3.86. The lowest BCUT2D eigenvalue weighted by atomic mass is 10.0. The Labute approximate surface area is 236 Å². The molecule has 0 bridgehead atoms. The zero-order chi connectivity index (χ0) is 27.1. The number of rotatable bonds is 8. The summed E-state index contributed by atoms with van der Waals surface area (Å²) in [6.07, 6.45) is 19.7. The molecular formula is C33H35N7. The van der Waals surface area contributed by atoms with Crippen molar-refractivity contribution in [3.05, 3.63) is 108 Å². The summed E-state index contributed by atoms with van der Waals surface area (Å²) >= 11 is 0. The highest BCUT2D eigenvalue weighted by molar-refractivity contribution is 6.04. The van der Waals surface area contributed by atoms with Gasteiger partial charge in [-0.2, -0.15) is 0 Å². The Bertz CT molecular complexity index is 1490. The number of nitrogens with one attached hydrogen (secondary N) is 2. The van der Waals surface area contributed by atoms with Gasteiger partial charge in [-0.05, 0) is 78.4 Å². The number of hydrogen-bond acceptors (Lipinski definition) is 6. The van der Waals surface area contributed by atoms with Gasteiger partial charge in [0.25, 0.3) is 0 Å². The van der Waals surface area contributed by atoms with E-state index in [4.69, 9.17) is 4.99 Å². The minimum Gasteiger partial charge on any atom is -0.354 e. The van der Waals surface area contributed by atoms with Gasteiger partial charge in [-0.3, -0.25) is 15.0 Å². The fourth-order valence-electron chi connectivity index (χ4n) is 5.27. The van der Waals surface area contributed by atoms with Gasteiger partial charge in [-0.25, -0.2) is 4.98 Å². The Morgan fingerprint density at radius 3 is 2.85 bits per heavy atom.